The van der Waals surface area contributed by atoms with Crippen LogP contribution in [0.15, 0.2) is 77.8 Å². The minimum absolute atomic E-state index is 0.861. The quantitative estimate of drug-likeness (QED) is 0.301. The number of unbranched alkanes of at least 4 members (excludes halogenated alkanes) is 1. The van der Waals surface area contributed by atoms with Crippen LogP contribution in [0.3, 0.4) is 0 Å². The van der Waals surface area contributed by atoms with Crippen LogP contribution in [0.25, 0.3) is 11.1 Å². The molecule has 0 unspecified atom stereocenters. The van der Waals surface area contributed by atoms with Crippen molar-refractivity contribution >= 4 is 23.1 Å². The molecule has 3 aromatic rings. The zero-order valence-electron chi connectivity index (χ0n) is 15.8. The number of rotatable bonds is 8. The van der Waals surface area contributed by atoms with E-state index < -0.39 is 0 Å². The molecule has 0 fully saturated rings. The fourth-order valence-electron chi connectivity index (χ4n) is 3.36. The van der Waals surface area contributed by atoms with E-state index in [4.69, 9.17) is 0 Å². The second kappa shape index (κ2) is 9.97. The van der Waals surface area contributed by atoms with E-state index in [1.54, 1.807) is 0 Å². The molecule has 27 heavy (non-hydrogen) atoms. The lowest BCUT2D eigenvalue weighted by Gasteiger charge is -2.13. The Bertz CT molecular complexity index is 907. The minimum atomic E-state index is 0.861. The Labute approximate surface area is 167 Å². The summed E-state index contributed by atoms with van der Waals surface area (Å²) < 4.78 is 0. The maximum absolute atomic E-state index is 4.67. The molecule has 0 N–H and O–H groups in total. The summed E-state index contributed by atoms with van der Waals surface area (Å²) in [6, 6.07) is 26.0. The van der Waals surface area contributed by atoms with Crippen LogP contribution in [0.1, 0.15) is 36.5 Å². The topological polar surface area (TPSA) is 12.4 Å². The van der Waals surface area contributed by atoms with E-state index in [2.05, 4.69) is 90.0 Å². The number of thiocarbonyl (C=S) groups is 1. The van der Waals surface area contributed by atoms with Gasteiger partial charge in [0, 0.05) is 0 Å². The lowest BCUT2D eigenvalue weighted by molar-refractivity contribution is 0.793. The van der Waals surface area contributed by atoms with Crippen LogP contribution < -0.4 is 0 Å². The first-order chi connectivity index (χ1) is 13.3. The van der Waals surface area contributed by atoms with E-state index in [0.717, 1.165) is 24.9 Å². The monoisotopic (exact) mass is 371 g/mol. The number of hydrogen-bond donors (Lipinski definition) is 0. The summed E-state index contributed by atoms with van der Waals surface area (Å²) >= 11 is 4.67. The van der Waals surface area contributed by atoms with Crippen molar-refractivity contribution in [3.05, 3.63) is 89.5 Å². The van der Waals surface area contributed by atoms with Crippen LogP contribution in [0.5, 0.6) is 0 Å². The van der Waals surface area contributed by atoms with Gasteiger partial charge in [-0.1, -0.05) is 74.0 Å². The Morgan fingerprint density at radius 1 is 0.815 bits per heavy atom. The first-order valence-corrected chi connectivity index (χ1v) is 10.0. The van der Waals surface area contributed by atoms with Crippen molar-refractivity contribution in [3.8, 4) is 11.1 Å². The van der Waals surface area contributed by atoms with Crippen molar-refractivity contribution in [2.45, 2.75) is 39.0 Å². The van der Waals surface area contributed by atoms with Gasteiger partial charge in [-0.3, -0.25) is 0 Å². The zero-order valence-corrected chi connectivity index (χ0v) is 16.6. The average molecular weight is 372 g/mol. The highest BCUT2D eigenvalue weighted by Gasteiger charge is 2.07. The molecule has 0 aromatic heterocycles. The SMILES string of the molecule is CCCCc1ccc(-c2ccccc2)c(CCc2ccc(N=C=S)cc2)c1. The fourth-order valence-corrected chi connectivity index (χ4v) is 3.46. The van der Waals surface area contributed by atoms with Gasteiger partial charge in [-0.15, -0.1) is 0 Å². The van der Waals surface area contributed by atoms with Crippen LogP contribution in [0.2, 0.25) is 0 Å². The summed E-state index contributed by atoms with van der Waals surface area (Å²) in [5.41, 5.74) is 7.68. The van der Waals surface area contributed by atoms with Gasteiger partial charge in [0.1, 0.15) is 0 Å². The maximum atomic E-state index is 4.67. The molecule has 0 heterocycles. The molecular weight excluding hydrogens is 346 g/mol. The van der Waals surface area contributed by atoms with Gasteiger partial charge in [0.05, 0.1) is 10.8 Å². The average Bonchev–Trinajstić information content (AvgIpc) is 2.72. The molecule has 0 atom stereocenters. The molecule has 1 nitrogen and oxygen atoms in total. The second-order valence-corrected chi connectivity index (χ2v) is 7.01. The maximum Gasteiger partial charge on any atom is 0.0739 e. The van der Waals surface area contributed by atoms with Gasteiger partial charge in [-0.25, -0.2) is 0 Å². The molecule has 0 saturated heterocycles. The van der Waals surface area contributed by atoms with Crippen molar-refractivity contribution in [2.75, 3.05) is 0 Å². The highest BCUT2D eigenvalue weighted by molar-refractivity contribution is 7.78. The molecule has 0 radical (unpaired) electrons. The van der Waals surface area contributed by atoms with E-state index in [1.807, 2.05) is 12.1 Å². The highest BCUT2D eigenvalue weighted by atomic mass is 32.1. The zero-order chi connectivity index (χ0) is 18.9. The van der Waals surface area contributed by atoms with Crippen molar-refractivity contribution in [2.24, 2.45) is 4.99 Å². The molecular formula is C25H25NS. The molecule has 0 bridgehead atoms. The lowest BCUT2D eigenvalue weighted by Crippen LogP contribution is -1.97. The third-order valence-electron chi connectivity index (χ3n) is 4.87. The molecule has 136 valence electrons. The summed E-state index contributed by atoms with van der Waals surface area (Å²) in [5, 5.41) is 2.42. The summed E-state index contributed by atoms with van der Waals surface area (Å²) in [4.78, 5) is 4.02. The van der Waals surface area contributed by atoms with Crippen molar-refractivity contribution < 1.29 is 0 Å². The van der Waals surface area contributed by atoms with Crippen molar-refractivity contribution in [1.29, 1.82) is 0 Å². The molecule has 0 saturated carbocycles. The first-order valence-electron chi connectivity index (χ1n) is 9.64. The Kier molecular flexibility index (Phi) is 7.10. The number of aliphatic imine (C=N–C) groups is 1. The van der Waals surface area contributed by atoms with Gasteiger partial charge in [0.2, 0.25) is 0 Å². The highest BCUT2D eigenvalue weighted by Crippen LogP contribution is 2.27. The molecule has 2 heteroatoms. The standard InChI is InChI=1S/C25H25NS/c1-2-3-7-21-13-17-25(22-8-5-4-6-9-22)23(18-21)14-10-20-11-15-24(16-12-20)26-19-27/h4-6,8-9,11-13,15-18H,2-3,7,10,14H2,1H3. The van der Waals surface area contributed by atoms with Crippen LogP contribution >= 0.6 is 12.2 Å². The third kappa shape index (κ3) is 5.47. The van der Waals surface area contributed by atoms with Crippen LogP contribution in [0.4, 0.5) is 5.69 Å². The third-order valence-corrected chi connectivity index (χ3v) is 4.96. The van der Waals surface area contributed by atoms with E-state index >= 15 is 0 Å². The number of hydrogen-bond acceptors (Lipinski definition) is 2. The van der Waals surface area contributed by atoms with Gasteiger partial charge >= 0.3 is 0 Å². The minimum Gasteiger partial charge on any atom is -0.195 e. The van der Waals surface area contributed by atoms with E-state index in [1.165, 1.54) is 40.7 Å². The second-order valence-electron chi connectivity index (χ2n) is 6.83. The normalized spacial score (nSPS) is 10.4. The molecule has 0 amide bonds. The van der Waals surface area contributed by atoms with Crippen molar-refractivity contribution in [3.63, 3.8) is 0 Å². The molecule has 0 aliphatic carbocycles. The summed E-state index contributed by atoms with van der Waals surface area (Å²) in [6.07, 6.45) is 5.67. The number of benzene rings is 3. The summed E-state index contributed by atoms with van der Waals surface area (Å²) in [6.45, 7) is 2.25. The van der Waals surface area contributed by atoms with E-state index in [9.17, 15) is 0 Å². The van der Waals surface area contributed by atoms with Crippen LogP contribution in [0, 0.1) is 0 Å². The largest absolute Gasteiger partial charge is 0.195 e. The van der Waals surface area contributed by atoms with Gasteiger partial charge in [-0.05, 0) is 77.9 Å². The van der Waals surface area contributed by atoms with E-state index in [-0.39, 0.29) is 0 Å². The predicted octanol–water partition coefficient (Wildman–Crippen LogP) is 7.22. The fraction of sp³-hybridized carbons (Fsp3) is 0.240. The lowest BCUT2D eigenvalue weighted by atomic mass is 9.92. The molecule has 3 rings (SSSR count). The number of nitrogens with zero attached hydrogens (tertiary/aromatic N) is 1. The number of isothiocyanates is 1. The Hall–Kier alpha value is -2.54. The summed E-state index contributed by atoms with van der Waals surface area (Å²) in [7, 11) is 0. The molecule has 3 aromatic carbocycles. The van der Waals surface area contributed by atoms with Crippen LogP contribution in [-0.4, -0.2) is 5.16 Å². The summed E-state index contributed by atoms with van der Waals surface area (Å²) in [5.74, 6) is 0. The Balaban J connectivity index is 1.83. The van der Waals surface area contributed by atoms with Gasteiger partial charge in [0.25, 0.3) is 0 Å². The molecule has 0 spiro atoms. The van der Waals surface area contributed by atoms with E-state index in [0.29, 0.717) is 0 Å². The van der Waals surface area contributed by atoms with Gasteiger partial charge in [0.15, 0.2) is 0 Å². The molecule has 0 aliphatic rings. The van der Waals surface area contributed by atoms with Gasteiger partial charge < -0.3 is 0 Å². The Morgan fingerprint density at radius 2 is 1.56 bits per heavy atom. The first kappa shape index (κ1) is 19.2. The van der Waals surface area contributed by atoms with Gasteiger partial charge in [-0.2, -0.15) is 4.99 Å². The van der Waals surface area contributed by atoms with Crippen molar-refractivity contribution in [1.82, 2.24) is 0 Å². The Morgan fingerprint density at radius 3 is 2.26 bits per heavy atom. The van der Waals surface area contributed by atoms with Crippen LogP contribution in [-0.2, 0) is 19.3 Å². The predicted molar refractivity (Wildman–Crippen MR) is 119 cm³/mol. The smallest absolute Gasteiger partial charge is 0.0739 e. The molecule has 0 aliphatic heterocycles. The number of aryl methyl sites for hydroxylation is 3.